The monoisotopic (exact) mass is 410 g/mol. The summed E-state index contributed by atoms with van der Waals surface area (Å²) in [5.41, 5.74) is 8.23. The van der Waals surface area contributed by atoms with Crippen LogP contribution in [0.25, 0.3) is 11.1 Å². The molecular weight excluding hydrogens is 392 g/mol. The van der Waals surface area contributed by atoms with Crippen molar-refractivity contribution in [3.05, 3.63) is 130 Å². The fourth-order valence-corrected chi connectivity index (χ4v) is 5.11. The van der Waals surface area contributed by atoms with Gasteiger partial charge in [0.2, 0.25) is 0 Å². The molecule has 4 aromatic carbocycles. The van der Waals surface area contributed by atoms with Gasteiger partial charge in [-0.15, -0.1) is 0 Å². The number of fused-ring (bicyclic) bond motifs is 3. The molecule has 0 fully saturated rings. The van der Waals surface area contributed by atoms with E-state index in [1.165, 1.54) is 37.9 Å². The summed E-state index contributed by atoms with van der Waals surface area (Å²) in [7, 11) is 0. The van der Waals surface area contributed by atoms with Crippen LogP contribution in [0, 0.1) is 0 Å². The Balaban J connectivity index is 1.80. The van der Waals surface area contributed by atoms with Gasteiger partial charge in [0, 0.05) is 16.3 Å². The van der Waals surface area contributed by atoms with E-state index < -0.39 is 0 Å². The Bertz CT molecular complexity index is 1040. The topological polar surface area (TPSA) is 0 Å². The molecule has 130 valence electrons. The Labute approximate surface area is 168 Å². The van der Waals surface area contributed by atoms with Crippen LogP contribution in [-0.4, -0.2) is 0 Å². The van der Waals surface area contributed by atoms with E-state index in [1.807, 2.05) is 0 Å². The molecule has 1 aliphatic carbocycles. The molecule has 27 heavy (non-hydrogen) atoms. The molecular formula is C26H19Br. The predicted octanol–water partition coefficient (Wildman–Crippen LogP) is 7.39. The summed E-state index contributed by atoms with van der Waals surface area (Å²) in [6.07, 6.45) is 0. The predicted molar refractivity (Wildman–Crippen MR) is 116 cm³/mol. The van der Waals surface area contributed by atoms with Gasteiger partial charge in [0.05, 0.1) is 0 Å². The SMILES string of the molecule is Brc1cccc2c1C(C(c1ccccc1)c1ccccc1)c1ccccc1-2. The molecule has 0 saturated carbocycles. The highest BCUT2D eigenvalue weighted by Crippen LogP contribution is 2.54. The first-order valence-corrected chi connectivity index (χ1v) is 10.1. The van der Waals surface area contributed by atoms with Crippen molar-refractivity contribution in [2.24, 2.45) is 0 Å². The Kier molecular flexibility index (Phi) is 4.18. The van der Waals surface area contributed by atoms with Crippen molar-refractivity contribution >= 4 is 15.9 Å². The third-order valence-corrected chi connectivity index (χ3v) is 6.29. The van der Waals surface area contributed by atoms with Crippen LogP contribution in [-0.2, 0) is 0 Å². The molecule has 0 spiro atoms. The van der Waals surface area contributed by atoms with E-state index in [-0.39, 0.29) is 11.8 Å². The van der Waals surface area contributed by atoms with E-state index in [0.717, 1.165) is 0 Å². The molecule has 0 N–H and O–H groups in total. The summed E-state index contributed by atoms with van der Waals surface area (Å²) in [4.78, 5) is 0. The van der Waals surface area contributed by atoms with Crippen LogP contribution in [0.3, 0.4) is 0 Å². The molecule has 0 saturated heterocycles. The van der Waals surface area contributed by atoms with Crippen molar-refractivity contribution in [3.63, 3.8) is 0 Å². The minimum Gasteiger partial charge on any atom is -0.0622 e. The van der Waals surface area contributed by atoms with Gasteiger partial charge in [-0.2, -0.15) is 0 Å². The second-order valence-corrected chi connectivity index (χ2v) is 7.92. The summed E-state index contributed by atoms with van der Waals surface area (Å²) in [6.45, 7) is 0. The van der Waals surface area contributed by atoms with E-state index in [1.54, 1.807) is 0 Å². The van der Waals surface area contributed by atoms with Crippen LogP contribution in [0.4, 0.5) is 0 Å². The maximum absolute atomic E-state index is 3.86. The zero-order valence-electron chi connectivity index (χ0n) is 14.8. The van der Waals surface area contributed by atoms with Gasteiger partial charge in [-0.05, 0) is 39.4 Å². The first-order valence-electron chi connectivity index (χ1n) is 9.32. The van der Waals surface area contributed by atoms with Crippen molar-refractivity contribution in [2.45, 2.75) is 11.8 Å². The van der Waals surface area contributed by atoms with Crippen LogP contribution >= 0.6 is 15.9 Å². The van der Waals surface area contributed by atoms with Gasteiger partial charge in [0.15, 0.2) is 0 Å². The van der Waals surface area contributed by atoms with Gasteiger partial charge in [0.1, 0.15) is 0 Å². The van der Waals surface area contributed by atoms with Gasteiger partial charge < -0.3 is 0 Å². The molecule has 1 atom stereocenters. The zero-order chi connectivity index (χ0) is 18.2. The van der Waals surface area contributed by atoms with E-state index in [2.05, 4.69) is 119 Å². The highest BCUT2D eigenvalue weighted by molar-refractivity contribution is 9.10. The summed E-state index contributed by atoms with van der Waals surface area (Å²) in [6, 6.07) is 37.2. The molecule has 0 bridgehead atoms. The normalized spacial score (nSPS) is 14.8. The molecule has 0 nitrogen and oxygen atoms in total. The maximum atomic E-state index is 3.86. The quantitative estimate of drug-likeness (QED) is 0.330. The Morgan fingerprint density at radius 3 is 1.78 bits per heavy atom. The standard InChI is InChI=1S/C26H19Br/c27-23-17-9-16-21-20-14-7-8-15-22(20)26(25(21)23)24(18-10-3-1-4-11-18)19-12-5-2-6-13-19/h1-17,24,26H. The molecule has 0 radical (unpaired) electrons. The summed E-state index contributed by atoms with van der Waals surface area (Å²) in [5.74, 6) is 0.560. The first kappa shape index (κ1) is 16.5. The van der Waals surface area contributed by atoms with Crippen molar-refractivity contribution < 1.29 is 0 Å². The smallest absolute Gasteiger partial charge is 0.0222 e. The fourth-order valence-electron chi connectivity index (χ4n) is 4.50. The van der Waals surface area contributed by atoms with Crippen LogP contribution in [0.2, 0.25) is 0 Å². The second-order valence-electron chi connectivity index (χ2n) is 7.07. The molecule has 5 rings (SSSR count). The van der Waals surface area contributed by atoms with Gasteiger partial charge in [-0.1, -0.05) is 113 Å². The van der Waals surface area contributed by atoms with E-state index in [9.17, 15) is 0 Å². The lowest BCUT2D eigenvalue weighted by Crippen LogP contribution is -2.13. The lowest BCUT2D eigenvalue weighted by molar-refractivity contribution is 0.706. The molecule has 1 aliphatic rings. The number of rotatable bonds is 3. The number of halogens is 1. The van der Waals surface area contributed by atoms with Crippen LogP contribution in [0.15, 0.2) is 108 Å². The lowest BCUT2D eigenvalue weighted by atomic mass is 9.76. The first-order chi connectivity index (χ1) is 13.3. The third kappa shape index (κ3) is 2.74. The Morgan fingerprint density at radius 2 is 1.11 bits per heavy atom. The summed E-state index contributed by atoms with van der Waals surface area (Å²) >= 11 is 3.86. The molecule has 0 aliphatic heterocycles. The van der Waals surface area contributed by atoms with Crippen LogP contribution < -0.4 is 0 Å². The second kappa shape index (κ2) is 6.83. The van der Waals surface area contributed by atoms with Crippen molar-refractivity contribution in [1.82, 2.24) is 0 Å². The van der Waals surface area contributed by atoms with Gasteiger partial charge >= 0.3 is 0 Å². The molecule has 0 heterocycles. The number of hydrogen-bond donors (Lipinski definition) is 0. The van der Waals surface area contributed by atoms with Crippen LogP contribution in [0.1, 0.15) is 34.1 Å². The van der Waals surface area contributed by atoms with Gasteiger partial charge in [0.25, 0.3) is 0 Å². The van der Waals surface area contributed by atoms with Crippen molar-refractivity contribution in [1.29, 1.82) is 0 Å². The number of benzene rings is 4. The average Bonchev–Trinajstić information content (AvgIpc) is 3.06. The van der Waals surface area contributed by atoms with E-state index >= 15 is 0 Å². The minimum absolute atomic E-state index is 0.272. The zero-order valence-corrected chi connectivity index (χ0v) is 16.4. The third-order valence-electron chi connectivity index (χ3n) is 5.60. The molecule has 4 aromatic rings. The van der Waals surface area contributed by atoms with Crippen LogP contribution in [0.5, 0.6) is 0 Å². The fraction of sp³-hybridized carbons (Fsp3) is 0.0769. The molecule has 0 aromatic heterocycles. The lowest BCUT2D eigenvalue weighted by Gasteiger charge is -2.27. The largest absolute Gasteiger partial charge is 0.0622 e. The summed E-state index contributed by atoms with van der Waals surface area (Å²) < 4.78 is 1.19. The summed E-state index contributed by atoms with van der Waals surface area (Å²) in [5, 5.41) is 0. The van der Waals surface area contributed by atoms with Gasteiger partial charge in [-0.3, -0.25) is 0 Å². The van der Waals surface area contributed by atoms with Crippen molar-refractivity contribution in [2.75, 3.05) is 0 Å². The van der Waals surface area contributed by atoms with E-state index in [4.69, 9.17) is 0 Å². The molecule has 0 amide bonds. The Morgan fingerprint density at radius 1 is 0.556 bits per heavy atom. The number of hydrogen-bond acceptors (Lipinski definition) is 0. The molecule has 1 unspecified atom stereocenters. The Hall–Kier alpha value is -2.64. The van der Waals surface area contributed by atoms with Gasteiger partial charge in [-0.25, -0.2) is 0 Å². The average molecular weight is 411 g/mol. The highest BCUT2D eigenvalue weighted by Gasteiger charge is 2.37. The van der Waals surface area contributed by atoms with E-state index in [0.29, 0.717) is 0 Å². The minimum atomic E-state index is 0.272. The highest BCUT2D eigenvalue weighted by atomic mass is 79.9. The maximum Gasteiger partial charge on any atom is 0.0222 e. The van der Waals surface area contributed by atoms with Crippen molar-refractivity contribution in [3.8, 4) is 11.1 Å². The molecule has 1 heteroatoms.